The van der Waals surface area contributed by atoms with E-state index < -0.39 is 0 Å². The van der Waals surface area contributed by atoms with E-state index in [2.05, 4.69) is 31.1 Å². The molecule has 0 bridgehead atoms. The molecule has 140 valence electrons. The van der Waals surface area contributed by atoms with Crippen LogP contribution in [0.3, 0.4) is 0 Å². The standard InChI is InChI=1S/C15H22N2O.3C2H6/c1-11-9-15(2,3)7-6-13(11)17-14(18)12-5-4-8-16-10-12;3*1-2/h4-5,8,10-11,13H,6-7,9H2,1-3H3,(H,17,18);3*1-2H3. The Morgan fingerprint density at radius 1 is 1.17 bits per heavy atom. The highest BCUT2D eigenvalue weighted by molar-refractivity contribution is 5.94. The molecule has 2 atom stereocenters. The van der Waals surface area contributed by atoms with E-state index in [9.17, 15) is 4.79 Å². The molecule has 1 N–H and O–H groups in total. The summed E-state index contributed by atoms with van der Waals surface area (Å²) in [5.41, 5.74) is 1.06. The van der Waals surface area contributed by atoms with E-state index in [0.717, 1.165) is 6.42 Å². The number of carbonyl (C=O) groups excluding carboxylic acids is 1. The fourth-order valence-corrected chi connectivity index (χ4v) is 2.91. The monoisotopic (exact) mass is 336 g/mol. The summed E-state index contributed by atoms with van der Waals surface area (Å²) in [7, 11) is 0. The quantitative estimate of drug-likeness (QED) is 0.708. The molecule has 0 aromatic carbocycles. The van der Waals surface area contributed by atoms with Crippen LogP contribution in [0.2, 0.25) is 0 Å². The Kier molecular flexibility index (Phi) is 14.5. The van der Waals surface area contributed by atoms with E-state index >= 15 is 0 Å². The Morgan fingerprint density at radius 3 is 2.21 bits per heavy atom. The van der Waals surface area contributed by atoms with Gasteiger partial charge in [-0.25, -0.2) is 0 Å². The van der Waals surface area contributed by atoms with Crippen LogP contribution in [0.4, 0.5) is 0 Å². The van der Waals surface area contributed by atoms with Crippen LogP contribution in [0.5, 0.6) is 0 Å². The average Bonchev–Trinajstić information content (AvgIpc) is 2.63. The van der Waals surface area contributed by atoms with Crippen LogP contribution >= 0.6 is 0 Å². The zero-order valence-corrected chi connectivity index (χ0v) is 17.4. The van der Waals surface area contributed by atoms with E-state index in [0.29, 0.717) is 22.9 Å². The number of pyridine rings is 1. The maximum absolute atomic E-state index is 12.1. The summed E-state index contributed by atoms with van der Waals surface area (Å²) in [6, 6.07) is 3.90. The molecule has 0 spiro atoms. The van der Waals surface area contributed by atoms with Crippen LogP contribution in [0.25, 0.3) is 0 Å². The minimum Gasteiger partial charge on any atom is -0.349 e. The number of aromatic nitrogens is 1. The molecule has 1 fully saturated rings. The van der Waals surface area contributed by atoms with E-state index in [1.54, 1.807) is 24.5 Å². The van der Waals surface area contributed by atoms with Gasteiger partial charge in [-0.1, -0.05) is 62.3 Å². The minimum absolute atomic E-state index is 0.000318. The molecule has 1 aromatic heterocycles. The minimum atomic E-state index is -0.000318. The summed E-state index contributed by atoms with van der Waals surface area (Å²) in [6.45, 7) is 18.8. The highest BCUT2D eigenvalue weighted by Crippen LogP contribution is 2.38. The van der Waals surface area contributed by atoms with Crippen molar-refractivity contribution >= 4 is 5.91 Å². The summed E-state index contributed by atoms with van der Waals surface area (Å²) in [6.07, 6.45) is 6.72. The van der Waals surface area contributed by atoms with Crippen molar-refractivity contribution < 1.29 is 4.79 Å². The lowest BCUT2D eigenvalue weighted by Crippen LogP contribution is -2.44. The summed E-state index contributed by atoms with van der Waals surface area (Å²) in [5, 5.41) is 3.14. The van der Waals surface area contributed by atoms with Crippen molar-refractivity contribution in [1.82, 2.24) is 10.3 Å². The van der Waals surface area contributed by atoms with Crippen molar-refractivity contribution in [3.05, 3.63) is 30.1 Å². The fraction of sp³-hybridized carbons (Fsp3) is 0.714. The first-order valence-electron chi connectivity index (χ1n) is 9.69. The number of rotatable bonds is 2. The molecule has 2 rings (SSSR count). The lowest BCUT2D eigenvalue weighted by molar-refractivity contribution is 0.0861. The Labute approximate surface area is 150 Å². The van der Waals surface area contributed by atoms with Gasteiger partial charge in [0, 0.05) is 18.4 Å². The first-order valence-corrected chi connectivity index (χ1v) is 9.69. The fourth-order valence-electron chi connectivity index (χ4n) is 2.91. The van der Waals surface area contributed by atoms with Gasteiger partial charge in [-0.15, -0.1) is 0 Å². The molecule has 1 aromatic rings. The van der Waals surface area contributed by atoms with Gasteiger partial charge in [0.05, 0.1) is 5.56 Å². The predicted molar refractivity (Wildman–Crippen MR) is 106 cm³/mol. The van der Waals surface area contributed by atoms with Crippen LogP contribution in [0.15, 0.2) is 24.5 Å². The van der Waals surface area contributed by atoms with E-state index in [4.69, 9.17) is 0 Å². The number of hydrogen-bond acceptors (Lipinski definition) is 2. The molecule has 3 nitrogen and oxygen atoms in total. The van der Waals surface area contributed by atoms with Crippen molar-refractivity contribution in [2.75, 3.05) is 0 Å². The molecule has 2 unspecified atom stereocenters. The topological polar surface area (TPSA) is 42.0 Å². The molecule has 1 aliphatic carbocycles. The number of amides is 1. The van der Waals surface area contributed by atoms with Crippen LogP contribution in [-0.4, -0.2) is 16.9 Å². The zero-order valence-electron chi connectivity index (χ0n) is 17.4. The molecule has 1 aliphatic rings. The summed E-state index contributed by atoms with van der Waals surface area (Å²) in [4.78, 5) is 16.0. The van der Waals surface area contributed by atoms with Gasteiger partial charge in [0.25, 0.3) is 5.91 Å². The SMILES string of the molecule is CC.CC.CC.CC1CC(C)(C)CCC1NC(=O)c1cccnc1. The molecule has 3 heteroatoms. The van der Waals surface area contributed by atoms with E-state index in [1.807, 2.05) is 41.5 Å². The van der Waals surface area contributed by atoms with Crippen LogP contribution < -0.4 is 5.32 Å². The zero-order chi connectivity index (χ0) is 19.2. The van der Waals surface area contributed by atoms with Crippen molar-refractivity contribution in [3.8, 4) is 0 Å². The van der Waals surface area contributed by atoms with E-state index in [-0.39, 0.29) is 5.91 Å². The van der Waals surface area contributed by atoms with Crippen molar-refractivity contribution in [2.24, 2.45) is 11.3 Å². The van der Waals surface area contributed by atoms with E-state index in [1.165, 1.54) is 12.8 Å². The third-order valence-corrected chi connectivity index (χ3v) is 3.93. The number of nitrogens with zero attached hydrogens (tertiary/aromatic N) is 1. The average molecular weight is 337 g/mol. The predicted octanol–water partition coefficient (Wildman–Crippen LogP) is 6.10. The second-order valence-electron chi connectivity index (χ2n) is 6.21. The Bertz CT molecular complexity index is 415. The number of nitrogens with one attached hydrogen (secondary N) is 1. The first-order chi connectivity index (χ1) is 11.5. The normalized spacial score (nSPS) is 20.7. The van der Waals surface area contributed by atoms with Crippen molar-refractivity contribution in [3.63, 3.8) is 0 Å². The lowest BCUT2D eigenvalue weighted by Gasteiger charge is -2.39. The largest absolute Gasteiger partial charge is 0.349 e. The van der Waals surface area contributed by atoms with Gasteiger partial charge >= 0.3 is 0 Å². The summed E-state index contributed by atoms with van der Waals surface area (Å²) >= 11 is 0. The van der Waals surface area contributed by atoms with Crippen LogP contribution in [0, 0.1) is 11.3 Å². The van der Waals surface area contributed by atoms with Crippen LogP contribution in [0.1, 0.15) is 91.9 Å². The highest BCUT2D eigenvalue weighted by Gasteiger charge is 2.33. The Morgan fingerprint density at radius 2 is 1.75 bits per heavy atom. The summed E-state index contributed by atoms with van der Waals surface area (Å²) in [5.74, 6) is 0.536. The first kappa shape index (κ1) is 24.9. The van der Waals surface area contributed by atoms with Gasteiger partial charge in [-0.3, -0.25) is 9.78 Å². The molecule has 1 heterocycles. The molecular formula is C21H40N2O. The molecular weight excluding hydrogens is 296 g/mol. The number of hydrogen-bond donors (Lipinski definition) is 1. The van der Waals surface area contributed by atoms with Gasteiger partial charge in [0.15, 0.2) is 0 Å². The Hall–Kier alpha value is -1.38. The number of carbonyl (C=O) groups is 1. The molecule has 0 aliphatic heterocycles. The second-order valence-corrected chi connectivity index (χ2v) is 6.21. The van der Waals surface area contributed by atoms with Gasteiger partial charge in [0.2, 0.25) is 0 Å². The third-order valence-electron chi connectivity index (χ3n) is 3.93. The van der Waals surface area contributed by atoms with Crippen molar-refractivity contribution in [1.29, 1.82) is 0 Å². The molecule has 0 saturated heterocycles. The summed E-state index contributed by atoms with van der Waals surface area (Å²) < 4.78 is 0. The van der Waals surface area contributed by atoms with Crippen LogP contribution in [-0.2, 0) is 0 Å². The highest BCUT2D eigenvalue weighted by atomic mass is 16.1. The maximum Gasteiger partial charge on any atom is 0.253 e. The second kappa shape index (κ2) is 14.0. The smallest absolute Gasteiger partial charge is 0.253 e. The van der Waals surface area contributed by atoms with Gasteiger partial charge < -0.3 is 5.32 Å². The maximum atomic E-state index is 12.1. The van der Waals surface area contributed by atoms with Gasteiger partial charge in [-0.05, 0) is 42.7 Å². The molecule has 1 amide bonds. The van der Waals surface area contributed by atoms with Gasteiger partial charge in [-0.2, -0.15) is 0 Å². The Balaban J connectivity index is 0. The lowest BCUT2D eigenvalue weighted by atomic mass is 9.70. The van der Waals surface area contributed by atoms with Gasteiger partial charge in [0.1, 0.15) is 0 Å². The molecule has 0 radical (unpaired) electrons. The molecule has 24 heavy (non-hydrogen) atoms. The van der Waals surface area contributed by atoms with Crippen molar-refractivity contribution in [2.45, 2.75) is 87.6 Å². The molecule has 1 saturated carbocycles. The third kappa shape index (κ3) is 9.05.